The second-order valence-electron chi connectivity index (χ2n) is 6.20. The molecule has 1 N–H and O–H groups in total. The molecule has 1 aliphatic heterocycles. The van der Waals surface area contributed by atoms with Gasteiger partial charge in [0.2, 0.25) is 5.91 Å². The van der Waals surface area contributed by atoms with E-state index in [9.17, 15) is 9.59 Å². The summed E-state index contributed by atoms with van der Waals surface area (Å²) in [7, 11) is 0. The van der Waals surface area contributed by atoms with E-state index in [1.165, 1.54) is 4.57 Å². The van der Waals surface area contributed by atoms with E-state index in [2.05, 4.69) is 9.97 Å². The number of hydrogen-bond acceptors (Lipinski definition) is 4. The number of carbonyl (C=O) groups excluding carboxylic acids is 1. The van der Waals surface area contributed by atoms with Crippen molar-refractivity contribution < 1.29 is 9.21 Å². The van der Waals surface area contributed by atoms with Crippen LogP contribution in [-0.2, 0) is 11.3 Å². The van der Waals surface area contributed by atoms with Gasteiger partial charge in [-0.2, -0.15) is 0 Å². The van der Waals surface area contributed by atoms with Crippen LogP contribution >= 0.6 is 0 Å². The first-order valence-corrected chi connectivity index (χ1v) is 7.99. The molecule has 7 nitrogen and oxygen atoms in total. The van der Waals surface area contributed by atoms with Crippen LogP contribution < -0.4 is 5.76 Å². The Bertz CT molecular complexity index is 952. The van der Waals surface area contributed by atoms with Crippen LogP contribution in [0.5, 0.6) is 0 Å². The van der Waals surface area contributed by atoms with E-state index in [1.807, 2.05) is 13.0 Å². The quantitative estimate of drug-likeness (QED) is 0.793. The highest BCUT2D eigenvalue weighted by Crippen LogP contribution is 2.25. The average Bonchev–Trinajstić information content (AvgIpc) is 3.27. The highest BCUT2D eigenvalue weighted by Gasteiger charge is 2.29. The Hall–Kier alpha value is -2.83. The molecule has 0 bridgehead atoms. The highest BCUT2D eigenvalue weighted by atomic mass is 16.4. The number of aryl methyl sites for hydroxylation is 1. The van der Waals surface area contributed by atoms with E-state index in [1.54, 1.807) is 29.3 Å². The number of imidazole rings is 1. The van der Waals surface area contributed by atoms with Crippen LogP contribution in [-0.4, -0.2) is 38.4 Å². The smallest absolute Gasteiger partial charge is 0.408 e. The Morgan fingerprint density at radius 2 is 2.25 bits per heavy atom. The number of likely N-dealkylation sites (tertiary alicyclic amines) is 1. The summed E-state index contributed by atoms with van der Waals surface area (Å²) in [4.78, 5) is 34.0. The number of benzene rings is 1. The lowest BCUT2D eigenvalue weighted by atomic mass is 10.1. The van der Waals surface area contributed by atoms with Crippen LogP contribution in [0.3, 0.4) is 0 Å². The zero-order valence-electron chi connectivity index (χ0n) is 13.4. The van der Waals surface area contributed by atoms with Crippen LogP contribution in [0.1, 0.15) is 23.9 Å². The van der Waals surface area contributed by atoms with Gasteiger partial charge in [0.25, 0.3) is 0 Å². The minimum atomic E-state index is -0.498. The number of aromatic nitrogens is 3. The lowest BCUT2D eigenvalue weighted by Gasteiger charge is -2.16. The Balaban J connectivity index is 1.50. The largest absolute Gasteiger partial charge is 0.420 e. The van der Waals surface area contributed by atoms with Crippen molar-refractivity contribution in [2.24, 2.45) is 0 Å². The summed E-state index contributed by atoms with van der Waals surface area (Å²) in [6, 6.07) is 7.13. The van der Waals surface area contributed by atoms with E-state index in [-0.39, 0.29) is 18.4 Å². The number of aromatic amines is 1. The van der Waals surface area contributed by atoms with Crippen molar-refractivity contribution in [1.82, 2.24) is 19.4 Å². The maximum atomic E-state index is 12.6. The number of carbonyl (C=O) groups is 1. The summed E-state index contributed by atoms with van der Waals surface area (Å²) in [5, 5.41) is 0. The first kappa shape index (κ1) is 14.7. The fourth-order valence-corrected chi connectivity index (χ4v) is 3.25. The standard InChI is InChI=1S/C17H18N4O3/c1-11-8-18-16(19-11)12-6-7-20(9-12)15(22)10-21-13-4-2-3-5-14(13)24-17(21)23/h2-5,8,12H,6-7,9-10H2,1H3,(H,18,19). The molecule has 1 fully saturated rings. The zero-order chi connectivity index (χ0) is 16.7. The molecule has 1 aromatic carbocycles. The first-order valence-electron chi connectivity index (χ1n) is 7.99. The van der Waals surface area contributed by atoms with Crippen molar-refractivity contribution >= 4 is 17.0 Å². The summed E-state index contributed by atoms with van der Waals surface area (Å²) in [6.07, 6.45) is 2.68. The monoisotopic (exact) mass is 326 g/mol. The van der Waals surface area contributed by atoms with Gasteiger partial charge in [0.15, 0.2) is 5.58 Å². The van der Waals surface area contributed by atoms with Crippen LogP contribution in [0.4, 0.5) is 0 Å². The number of nitrogens with zero attached hydrogens (tertiary/aromatic N) is 3. The van der Waals surface area contributed by atoms with E-state index < -0.39 is 5.76 Å². The predicted molar refractivity (Wildman–Crippen MR) is 87.7 cm³/mol. The number of amides is 1. The molecule has 1 unspecified atom stereocenters. The Morgan fingerprint density at radius 3 is 3.04 bits per heavy atom. The van der Waals surface area contributed by atoms with E-state index >= 15 is 0 Å². The van der Waals surface area contributed by atoms with Crippen molar-refractivity contribution in [2.75, 3.05) is 13.1 Å². The predicted octanol–water partition coefficient (Wildman–Crippen LogP) is 1.64. The van der Waals surface area contributed by atoms with Crippen LogP contribution in [0, 0.1) is 6.92 Å². The number of H-pyrrole nitrogens is 1. The molecule has 24 heavy (non-hydrogen) atoms. The molecule has 1 saturated heterocycles. The van der Waals surface area contributed by atoms with E-state index in [0.717, 1.165) is 17.9 Å². The molecular formula is C17H18N4O3. The van der Waals surface area contributed by atoms with E-state index in [0.29, 0.717) is 24.2 Å². The molecule has 1 atom stereocenters. The lowest BCUT2D eigenvalue weighted by Crippen LogP contribution is -2.34. The van der Waals surface area contributed by atoms with Gasteiger partial charge in [0, 0.05) is 30.9 Å². The highest BCUT2D eigenvalue weighted by molar-refractivity contribution is 5.79. The topological polar surface area (TPSA) is 84.1 Å². The molecule has 0 radical (unpaired) electrons. The Labute approximate surface area is 137 Å². The Morgan fingerprint density at radius 1 is 1.42 bits per heavy atom. The molecule has 3 aromatic rings. The molecule has 0 aliphatic carbocycles. The molecule has 4 rings (SSSR count). The maximum Gasteiger partial charge on any atom is 0.420 e. The van der Waals surface area contributed by atoms with E-state index in [4.69, 9.17) is 4.42 Å². The summed E-state index contributed by atoms with van der Waals surface area (Å²) in [5.74, 6) is 0.575. The number of oxazole rings is 1. The summed E-state index contributed by atoms with van der Waals surface area (Å²) >= 11 is 0. The second-order valence-corrected chi connectivity index (χ2v) is 6.20. The fourth-order valence-electron chi connectivity index (χ4n) is 3.25. The van der Waals surface area contributed by atoms with Gasteiger partial charge in [0.1, 0.15) is 12.4 Å². The number of hydrogen-bond donors (Lipinski definition) is 1. The van der Waals surface area contributed by atoms with Gasteiger partial charge in [0.05, 0.1) is 5.52 Å². The van der Waals surface area contributed by atoms with Gasteiger partial charge in [-0.05, 0) is 25.5 Å². The third kappa shape index (κ3) is 2.51. The summed E-state index contributed by atoms with van der Waals surface area (Å²) < 4.78 is 6.57. The van der Waals surface area contributed by atoms with Gasteiger partial charge in [-0.3, -0.25) is 9.36 Å². The number of rotatable bonds is 3. The van der Waals surface area contributed by atoms with Crippen molar-refractivity contribution in [3.8, 4) is 0 Å². The number of fused-ring (bicyclic) bond motifs is 1. The molecule has 3 heterocycles. The van der Waals surface area contributed by atoms with Gasteiger partial charge in [-0.15, -0.1) is 0 Å². The van der Waals surface area contributed by atoms with Gasteiger partial charge in [-0.1, -0.05) is 12.1 Å². The van der Waals surface area contributed by atoms with Crippen molar-refractivity contribution in [3.63, 3.8) is 0 Å². The average molecular weight is 326 g/mol. The second kappa shape index (κ2) is 5.67. The third-order valence-corrected chi connectivity index (χ3v) is 4.52. The van der Waals surface area contributed by atoms with Crippen LogP contribution in [0.25, 0.3) is 11.1 Å². The zero-order valence-corrected chi connectivity index (χ0v) is 13.4. The molecule has 7 heteroatoms. The molecule has 124 valence electrons. The summed E-state index contributed by atoms with van der Waals surface area (Å²) in [5.41, 5.74) is 2.17. The van der Waals surface area contributed by atoms with Crippen molar-refractivity contribution in [3.05, 3.63) is 52.5 Å². The van der Waals surface area contributed by atoms with Gasteiger partial charge >= 0.3 is 5.76 Å². The summed E-state index contributed by atoms with van der Waals surface area (Å²) in [6.45, 7) is 3.26. The molecular weight excluding hydrogens is 308 g/mol. The van der Waals surface area contributed by atoms with Crippen molar-refractivity contribution in [1.29, 1.82) is 0 Å². The Kier molecular flexibility index (Phi) is 3.48. The molecule has 1 amide bonds. The third-order valence-electron chi connectivity index (χ3n) is 4.52. The normalized spacial score (nSPS) is 17.7. The minimum Gasteiger partial charge on any atom is -0.408 e. The molecule has 1 aliphatic rings. The van der Waals surface area contributed by atoms with Gasteiger partial charge < -0.3 is 14.3 Å². The first-order chi connectivity index (χ1) is 11.6. The molecule has 0 spiro atoms. The van der Waals surface area contributed by atoms with Crippen LogP contribution in [0.2, 0.25) is 0 Å². The number of nitrogens with one attached hydrogen (secondary N) is 1. The lowest BCUT2D eigenvalue weighted by molar-refractivity contribution is -0.130. The maximum absolute atomic E-state index is 12.6. The number of para-hydroxylation sites is 2. The van der Waals surface area contributed by atoms with Crippen molar-refractivity contribution in [2.45, 2.75) is 25.8 Å². The molecule has 0 saturated carbocycles. The SMILES string of the molecule is Cc1cnc(C2CCN(C(=O)Cn3c(=O)oc4ccccc43)C2)[nH]1. The molecule has 2 aromatic heterocycles. The fraction of sp³-hybridized carbons (Fsp3) is 0.353. The van der Waals surface area contributed by atoms with Crippen LogP contribution in [0.15, 0.2) is 39.7 Å². The minimum absolute atomic E-state index is 0.000249. The van der Waals surface area contributed by atoms with Gasteiger partial charge in [-0.25, -0.2) is 9.78 Å².